The topological polar surface area (TPSA) is 102 Å². The first-order valence-corrected chi connectivity index (χ1v) is 11.2. The van der Waals surface area contributed by atoms with Gasteiger partial charge in [-0.15, -0.1) is 0 Å². The lowest BCUT2D eigenvalue weighted by Crippen LogP contribution is -2.36. The van der Waals surface area contributed by atoms with E-state index in [1.807, 2.05) is 12.1 Å². The van der Waals surface area contributed by atoms with E-state index in [0.717, 1.165) is 38.0 Å². The summed E-state index contributed by atoms with van der Waals surface area (Å²) in [6, 6.07) is 14.1. The zero-order chi connectivity index (χ0) is 20.9. The van der Waals surface area contributed by atoms with Crippen molar-refractivity contribution in [1.82, 2.24) is 4.90 Å². The Hall–Kier alpha value is -2.42. The molecule has 7 nitrogen and oxygen atoms in total. The van der Waals surface area contributed by atoms with Gasteiger partial charge in [0, 0.05) is 11.7 Å². The summed E-state index contributed by atoms with van der Waals surface area (Å²) in [6.07, 6.45) is 4.34. The SMILES string of the molecule is COc1ccc([C@@H]2CCCCCN2CC(=O)Nc2ccc(S(N)(=O)=O)cc2)cc1. The fourth-order valence-electron chi connectivity index (χ4n) is 3.67. The molecule has 0 radical (unpaired) electrons. The van der Waals surface area contributed by atoms with Gasteiger partial charge >= 0.3 is 0 Å². The Labute approximate surface area is 171 Å². The van der Waals surface area contributed by atoms with Gasteiger partial charge < -0.3 is 10.1 Å². The molecule has 8 heteroatoms. The minimum atomic E-state index is -3.75. The van der Waals surface area contributed by atoms with Crippen molar-refractivity contribution in [1.29, 1.82) is 0 Å². The van der Waals surface area contributed by atoms with Gasteiger partial charge in [-0.2, -0.15) is 0 Å². The van der Waals surface area contributed by atoms with Crippen molar-refractivity contribution >= 4 is 21.6 Å². The number of rotatable bonds is 6. The van der Waals surface area contributed by atoms with Gasteiger partial charge in [-0.25, -0.2) is 13.6 Å². The van der Waals surface area contributed by atoms with Crippen molar-refractivity contribution in [3.63, 3.8) is 0 Å². The fourth-order valence-corrected chi connectivity index (χ4v) is 4.19. The number of ether oxygens (including phenoxy) is 1. The molecule has 1 atom stereocenters. The average Bonchev–Trinajstić information content (AvgIpc) is 2.93. The van der Waals surface area contributed by atoms with E-state index in [2.05, 4.69) is 22.3 Å². The van der Waals surface area contributed by atoms with Gasteiger partial charge in [0.15, 0.2) is 0 Å². The van der Waals surface area contributed by atoms with Gasteiger partial charge in [-0.1, -0.05) is 25.0 Å². The molecule has 2 aromatic rings. The molecule has 0 spiro atoms. The standard InChI is InChI=1S/C21H27N3O4S/c1-28-18-10-6-16(7-11-18)20-5-3-2-4-14-24(20)15-21(25)23-17-8-12-19(13-9-17)29(22,26)27/h6-13,20H,2-5,14-15H2,1H3,(H,23,25)(H2,22,26,27)/t20-/m0/s1. The van der Waals surface area contributed by atoms with Gasteiger partial charge in [0.2, 0.25) is 15.9 Å². The maximum atomic E-state index is 12.6. The summed E-state index contributed by atoms with van der Waals surface area (Å²) in [5.41, 5.74) is 1.72. The zero-order valence-corrected chi connectivity index (χ0v) is 17.3. The highest BCUT2D eigenvalue weighted by molar-refractivity contribution is 7.89. The third kappa shape index (κ3) is 5.79. The predicted molar refractivity (Wildman–Crippen MR) is 112 cm³/mol. The number of nitrogens with zero attached hydrogens (tertiary/aromatic N) is 1. The largest absolute Gasteiger partial charge is 0.497 e. The van der Waals surface area contributed by atoms with Crippen molar-refractivity contribution in [2.75, 3.05) is 25.5 Å². The van der Waals surface area contributed by atoms with Gasteiger partial charge in [0.1, 0.15) is 5.75 Å². The molecular formula is C21H27N3O4S. The van der Waals surface area contributed by atoms with Crippen LogP contribution >= 0.6 is 0 Å². The van der Waals surface area contributed by atoms with Crippen LogP contribution in [0.4, 0.5) is 5.69 Å². The molecule has 3 rings (SSSR count). The number of sulfonamides is 1. The summed E-state index contributed by atoms with van der Waals surface area (Å²) in [7, 11) is -2.10. The first kappa shape index (κ1) is 21.3. The predicted octanol–water partition coefficient (Wildman–Crippen LogP) is 2.90. The van der Waals surface area contributed by atoms with Crippen LogP contribution in [0.5, 0.6) is 5.75 Å². The second-order valence-electron chi connectivity index (χ2n) is 7.23. The number of carbonyl (C=O) groups is 1. The highest BCUT2D eigenvalue weighted by Crippen LogP contribution is 2.31. The Kier molecular flexibility index (Phi) is 6.89. The van der Waals surface area contributed by atoms with E-state index in [1.165, 1.54) is 17.7 Å². The van der Waals surface area contributed by atoms with E-state index >= 15 is 0 Å². The summed E-state index contributed by atoms with van der Waals surface area (Å²) < 4.78 is 27.9. The van der Waals surface area contributed by atoms with Gasteiger partial charge in [-0.3, -0.25) is 9.69 Å². The lowest BCUT2D eigenvalue weighted by atomic mass is 10.0. The Morgan fingerprint density at radius 1 is 1.10 bits per heavy atom. The lowest BCUT2D eigenvalue weighted by molar-refractivity contribution is -0.117. The first-order valence-electron chi connectivity index (χ1n) is 9.67. The fraction of sp³-hybridized carbons (Fsp3) is 0.381. The molecule has 0 saturated carbocycles. The normalized spacial score (nSPS) is 18.1. The Morgan fingerprint density at radius 3 is 2.41 bits per heavy atom. The number of benzene rings is 2. The van der Waals surface area contributed by atoms with Crippen LogP contribution in [0.3, 0.4) is 0 Å². The van der Waals surface area contributed by atoms with E-state index in [-0.39, 0.29) is 23.4 Å². The van der Waals surface area contributed by atoms with Crippen LogP contribution in [-0.4, -0.2) is 39.4 Å². The lowest BCUT2D eigenvalue weighted by Gasteiger charge is -2.29. The number of carbonyl (C=O) groups excluding carboxylic acids is 1. The summed E-state index contributed by atoms with van der Waals surface area (Å²) in [6.45, 7) is 1.13. The zero-order valence-electron chi connectivity index (χ0n) is 16.5. The maximum Gasteiger partial charge on any atom is 0.238 e. The molecule has 1 aliphatic rings. The van der Waals surface area contributed by atoms with Crippen LogP contribution in [0.1, 0.15) is 37.3 Å². The van der Waals surface area contributed by atoms with Gasteiger partial charge in [-0.05, 0) is 61.3 Å². The summed E-state index contributed by atoms with van der Waals surface area (Å²) in [5.74, 6) is 0.684. The minimum absolute atomic E-state index is 0.0163. The van der Waals surface area contributed by atoms with Crippen LogP contribution in [0.15, 0.2) is 53.4 Å². The van der Waals surface area contributed by atoms with Crippen LogP contribution in [0.25, 0.3) is 0 Å². The van der Waals surface area contributed by atoms with Crippen molar-refractivity contribution in [3.05, 3.63) is 54.1 Å². The monoisotopic (exact) mass is 417 g/mol. The number of nitrogens with two attached hydrogens (primary N) is 1. The molecule has 1 heterocycles. The molecule has 1 amide bonds. The Morgan fingerprint density at radius 2 is 1.79 bits per heavy atom. The molecule has 29 heavy (non-hydrogen) atoms. The summed E-state index contributed by atoms with van der Waals surface area (Å²) in [5, 5.41) is 7.95. The van der Waals surface area contributed by atoms with Gasteiger partial charge in [0.25, 0.3) is 0 Å². The number of hydrogen-bond donors (Lipinski definition) is 2. The maximum absolute atomic E-state index is 12.6. The Balaban J connectivity index is 1.68. The quantitative estimate of drug-likeness (QED) is 0.752. The van der Waals surface area contributed by atoms with E-state index < -0.39 is 10.0 Å². The third-order valence-corrected chi connectivity index (χ3v) is 6.11. The van der Waals surface area contributed by atoms with Crippen molar-refractivity contribution in [2.45, 2.75) is 36.6 Å². The molecule has 0 aliphatic carbocycles. The van der Waals surface area contributed by atoms with Crippen LogP contribution < -0.4 is 15.2 Å². The van der Waals surface area contributed by atoms with Gasteiger partial charge in [0.05, 0.1) is 18.6 Å². The second kappa shape index (κ2) is 9.39. The van der Waals surface area contributed by atoms with Crippen LogP contribution in [0.2, 0.25) is 0 Å². The molecule has 0 aromatic heterocycles. The molecule has 3 N–H and O–H groups in total. The van der Waals surface area contributed by atoms with E-state index in [0.29, 0.717) is 5.69 Å². The summed E-state index contributed by atoms with van der Waals surface area (Å²) in [4.78, 5) is 14.9. The number of likely N-dealkylation sites (tertiary alicyclic amines) is 1. The number of amides is 1. The smallest absolute Gasteiger partial charge is 0.238 e. The number of anilines is 1. The van der Waals surface area contributed by atoms with Crippen LogP contribution in [-0.2, 0) is 14.8 Å². The first-order chi connectivity index (χ1) is 13.9. The average molecular weight is 418 g/mol. The Bertz CT molecular complexity index is 927. The number of nitrogens with one attached hydrogen (secondary N) is 1. The summed E-state index contributed by atoms with van der Waals surface area (Å²) >= 11 is 0. The number of primary sulfonamides is 1. The molecule has 2 aromatic carbocycles. The minimum Gasteiger partial charge on any atom is -0.497 e. The molecule has 0 bridgehead atoms. The second-order valence-corrected chi connectivity index (χ2v) is 8.79. The van der Waals surface area contributed by atoms with Crippen molar-refractivity contribution in [2.24, 2.45) is 5.14 Å². The third-order valence-electron chi connectivity index (χ3n) is 5.18. The molecular weight excluding hydrogens is 390 g/mol. The van der Waals surface area contributed by atoms with Crippen molar-refractivity contribution < 1.29 is 17.9 Å². The number of hydrogen-bond acceptors (Lipinski definition) is 5. The molecule has 1 aliphatic heterocycles. The van der Waals surface area contributed by atoms with Crippen LogP contribution in [0, 0.1) is 0 Å². The van der Waals surface area contributed by atoms with E-state index in [1.54, 1.807) is 19.2 Å². The molecule has 1 fully saturated rings. The highest BCUT2D eigenvalue weighted by atomic mass is 32.2. The molecule has 156 valence electrons. The highest BCUT2D eigenvalue weighted by Gasteiger charge is 2.24. The molecule has 1 saturated heterocycles. The van der Waals surface area contributed by atoms with E-state index in [9.17, 15) is 13.2 Å². The van der Waals surface area contributed by atoms with E-state index in [4.69, 9.17) is 9.88 Å². The number of methoxy groups -OCH3 is 1. The molecule has 0 unspecified atom stereocenters. The van der Waals surface area contributed by atoms with Crippen molar-refractivity contribution in [3.8, 4) is 5.75 Å².